The molecule has 1 heterocycles. The van der Waals surface area contributed by atoms with E-state index in [2.05, 4.69) is 0 Å². The van der Waals surface area contributed by atoms with Crippen LogP contribution in [0.1, 0.15) is 74.5 Å². The van der Waals surface area contributed by atoms with Gasteiger partial charge in [-0.25, -0.2) is 9.59 Å². The molecule has 0 unspecified atom stereocenters. The fourth-order valence-corrected chi connectivity index (χ4v) is 2.70. The van der Waals surface area contributed by atoms with Crippen LogP contribution in [0.4, 0.5) is 0 Å². The molecule has 8 nitrogen and oxygen atoms in total. The van der Waals surface area contributed by atoms with Crippen molar-refractivity contribution in [2.24, 2.45) is 0 Å². The smallest absolute Gasteiger partial charge is 0.338 e. The molecule has 0 aliphatic carbocycles. The zero-order valence-corrected chi connectivity index (χ0v) is 19.9. The molecule has 3 rings (SSSR count). The zero-order valence-electron chi connectivity index (χ0n) is 18.4. The first-order valence-electron chi connectivity index (χ1n) is 10.5. The van der Waals surface area contributed by atoms with Gasteiger partial charge in [-0.2, -0.15) is 0 Å². The quantitative estimate of drug-likeness (QED) is 0.326. The highest BCUT2D eigenvalue weighted by Crippen LogP contribution is 2.11. The molecule has 2 bridgehead atoms. The van der Waals surface area contributed by atoms with Crippen molar-refractivity contribution in [2.75, 3.05) is 26.4 Å². The van der Waals surface area contributed by atoms with Gasteiger partial charge < -0.3 is 19.7 Å². The SMILES string of the molecule is C.O=C(Cl)c1cccc(C(=O)Cl)c1.O=C1OCCCCOC(=O)c2cccc1c2.OCCCCO. The molecule has 0 saturated heterocycles. The van der Waals surface area contributed by atoms with E-state index in [0.29, 0.717) is 37.2 Å². The summed E-state index contributed by atoms with van der Waals surface area (Å²) in [7, 11) is 0. The number of hydrogen-bond donors (Lipinski definition) is 2. The number of esters is 2. The van der Waals surface area contributed by atoms with E-state index in [1.807, 2.05) is 0 Å². The molecule has 35 heavy (non-hydrogen) atoms. The number of ether oxygens (including phenoxy) is 2. The number of carbonyl (C=O) groups excluding carboxylic acids is 4. The Morgan fingerprint density at radius 1 is 0.743 bits per heavy atom. The lowest BCUT2D eigenvalue weighted by Crippen LogP contribution is -2.07. The zero-order chi connectivity index (χ0) is 25.3. The largest absolute Gasteiger partial charge is 0.462 e. The van der Waals surface area contributed by atoms with Crippen LogP contribution in [0.15, 0.2) is 48.5 Å². The summed E-state index contributed by atoms with van der Waals surface area (Å²) >= 11 is 10.4. The van der Waals surface area contributed by atoms with Crippen LogP contribution in [0.2, 0.25) is 0 Å². The van der Waals surface area contributed by atoms with E-state index >= 15 is 0 Å². The summed E-state index contributed by atoms with van der Waals surface area (Å²) in [6.45, 7) is 1.11. The molecule has 2 aromatic rings. The van der Waals surface area contributed by atoms with Gasteiger partial charge >= 0.3 is 11.9 Å². The molecular weight excluding hydrogens is 499 g/mol. The third-order valence-electron chi connectivity index (χ3n) is 4.22. The Morgan fingerprint density at radius 3 is 1.51 bits per heavy atom. The van der Waals surface area contributed by atoms with Gasteiger partial charge in [0.15, 0.2) is 0 Å². The lowest BCUT2D eigenvalue weighted by molar-refractivity contribution is 0.0443. The normalized spacial score (nSPS) is 12.6. The van der Waals surface area contributed by atoms with Crippen molar-refractivity contribution in [3.8, 4) is 0 Å². The van der Waals surface area contributed by atoms with Gasteiger partial charge in [0.1, 0.15) is 0 Å². The van der Waals surface area contributed by atoms with E-state index in [-0.39, 0.29) is 31.8 Å². The predicted octanol–water partition coefficient (Wildman–Crippen LogP) is 4.63. The topological polar surface area (TPSA) is 127 Å². The highest BCUT2D eigenvalue weighted by molar-refractivity contribution is 6.69. The molecule has 1 aliphatic heterocycles. The summed E-state index contributed by atoms with van der Waals surface area (Å²) in [5.74, 6) is -0.784. The molecule has 0 aromatic heterocycles. The van der Waals surface area contributed by atoms with Crippen LogP contribution in [0.25, 0.3) is 0 Å². The van der Waals surface area contributed by atoms with Crippen molar-refractivity contribution in [2.45, 2.75) is 33.1 Å². The number of aliphatic hydroxyl groups is 2. The Labute approximate surface area is 214 Å². The monoisotopic (exact) mass is 528 g/mol. The maximum atomic E-state index is 11.5. The van der Waals surface area contributed by atoms with Crippen LogP contribution in [0, 0.1) is 0 Å². The van der Waals surface area contributed by atoms with E-state index in [9.17, 15) is 19.2 Å². The number of cyclic esters (lactones) is 2. The van der Waals surface area contributed by atoms with Gasteiger partial charge in [0.2, 0.25) is 0 Å². The van der Waals surface area contributed by atoms with Crippen molar-refractivity contribution < 1.29 is 38.9 Å². The first kappa shape index (κ1) is 32.2. The van der Waals surface area contributed by atoms with E-state index in [4.69, 9.17) is 42.9 Å². The maximum Gasteiger partial charge on any atom is 0.338 e. The number of fused-ring (bicyclic) bond motifs is 2. The summed E-state index contributed by atoms with van der Waals surface area (Å²) in [4.78, 5) is 44.3. The van der Waals surface area contributed by atoms with Crippen LogP contribution in [0.3, 0.4) is 0 Å². The molecule has 0 radical (unpaired) electrons. The van der Waals surface area contributed by atoms with Gasteiger partial charge in [-0.1, -0.05) is 31.7 Å². The summed E-state index contributed by atoms with van der Waals surface area (Å²) < 4.78 is 10.1. The first-order chi connectivity index (χ1) is 16.3. The summed E-state index contributed by atoms with van der Waals surface area (Å²) in [5.41, 5.74) is 1.30. The molecule has 10 heteroatoms. The predicted molar refractivity (Wildman–Crippen MR) is 133 cm³/mol. The lowest BCUT2D eigenvalue weighted by atomic mass is 10.1. The number of aliphatic hydroxyl groups excluding tert-OH is 2. The van der Waals surface area contributed by atoms with Crippen LogP contribution in [0.5, 0.6) is 0 Å². The molecule has 0 saturated carbocycles. The standard InChI is InChI=1S/C12H12O4.C8H4Cl2O2.C4H10O2.CH4/c13-11-9-4-3-5-10(8-9)12(14)16-7-2-1-6-15-11;9-7(11)5-2-1-3-6(4-5)8(10)12;5-3-1-2-4-6;/h3-5,8H,1-2,6-7H2;1-4H;5-6H,1-4H2;1H4. The molecule has 2 N–H and O–H groups in total. The number of halogens is 2. The Morgan fingerprint density at radius 2 is 1.14 bits per heavy atom. The average molecular weight is 529 g/mol. The van der Waals surface area contributed by atoms with E-state index in [0.717, 1.165) is 12.8 Å². The van der Waals surface area contributed by atoms with Gasteiger partial charge in [-0.05, 0) is 73.2 Å². The third-order valence-corrected chi connectivity index (χ3v) is 4.66. The van der Waals surface area contributed by atoms with E-state index in [1.165, 1.54) is 24.3 Å². The van der Waals surface area contributed by atoms with Gasteiger partial charge in [-0.3, -0.25) is 9.59 Å². The fraction of sp³-hybridized carbons (Fsp3) is 0.360. The van der Waals surface area contributed by atoms with Gasteiger partial charge in [0.05, 0.1) is 24.3 Å². The van der Waals surface area contributed by atoms with Crippen LogP contribution >= 0.6 is 23.2 Å². The molecule has 0 spiro atoms. The van der Waals surface area contributed by atoms with Crippen molar-refractivity contribution >= 4 is 45.6 Å². The number of unbranched alkanes of at least 4 members (excludes halogenated alkanes) is 1. The maximum absolute atomic E-state index is 11.5. The highest BCUT2D eigenvalue weighted by atomic mass is 35.5. The molecule has 0 atom stereocenters. The van der Waals surface area contributed by atoms with E-state index < -0.39 is 22.4 Å². The molecular formula is C25H30Cl2O8. The van der Waals surface area contributed by atoms with Gasteiger partial charge in [-0.15, -0.1) is 0 Å². The number of carbonyl (C=O) groups is 4. The van der Waals surface area contributed by atoms with Crippen LogP contribution in [-0.2, 0) is 9.47 Å². The van der Waals surface area contributed by atoms with E-state index in [1.54, 1.807) is 24.3 Å². The Kier molecular flexibility index (Phi) is 17.1. The van der Waals surface area contributed by atoms with Crippen molar-refractivity contribution in [1.29, 1.82) is 0 Å². The lowest BCUT2D eigenvalue weighted by Gasteiger charge is -2.03. The second-order valence-electron chi connectivity index (χ2n) is 6.84. The Balaban J connectivity index is 0.000000540. The summed E-state index contributed by atoms with van der Waals surface area (Å²) in [6, 6.07) is 12.3. The minimum absolute atomic E-state index is 0. The van der Waals surface area contributed by atoms with Crippen molar-refractivity contribution in [3.05, 3.63) is 70.8 Å². The molecule has 2 aromatic carbocycles. The van der Waals surface area contributed by atoms with Crippen LogP contribution < -0.4 is 0 Å². The molecule has 192 valence electrons. The molecule has 0 fully saturated rings. The van der Waals surface area contributed by atoms with Gasteiger partial charge in [0, 0.05) is 24.3 Å². The van der Waals surface area contributed by atoms with Crippen LogP contribution in [-0.4, -0.2) is 59.1 Å². The minimum atomic E-state index is -0.602. The summed E-state index contributed by atoms with van der Waals surface area (Å²) in [6.07, 6.45) is 2.84. The van der Waals surface area contributed by atoms with Crippen molar-refractivity contribution in [3.63, 3.8) is 0 Å². The number of hydrogen-bond acceptors (Lipinski definition) is 8. The van der Waals surface area contributed by atoms with Gasteiger partial charge in [0.25, 0.3) is 10.5 Å². The Hall–Kier alpha value is -2.78. The highest BCUT2D eigenvalue weighted by Gasteiger charge is 2.13. The summed E-state index contributed by atoms with van der Waals surface area (Å²) in [5, 5.41) is 15.0. The molecule has 0 amide bonds. The Bertz CT molecular complexity index is 893. The van der Waals surface area contributed by atoms with Crippen molar-refractivity contribution in [1.82, 2.24) is 0 Å². The second kappa shape index (κ2) is 18.5. The minimum Gasteiger partial charge on any atom is -0.462 e. The third kappa shape index (κ3) is 13.0. The first-order valence-corrected chi connectivity index (χ1v) is 11.2. The fourth-order valence-electron chi connectivity index (χ4n) is 2.46. The molecule has 1 aliphatic rings. The number of rotatable bonds is 5. The number of benzene rings is 2. The average Bonchev–Trinajstić information content (AvgIpc) is 2.86. The second-order valence-corrected chi connectivity index (χ2v) is 7.53.